The fourth-order valence-electron chi connectivity index (χ4n) is 1.91. The van der Waals surface area contributed by atoms with Crippen LogP contribution in [0.1, 0.15) is 24.2 Å². The van der Waals surface area contributed by atoms with Crippen LogP contribution in [0.5, 0.6) is 11.5 Å². The number of thiocarbonyl (C=S) groups is 1. The van der Waals surface area contributed by atoms with Gasteiger partial charge >= 0.3 is 0 Å². The Kier molecular flexibility index (Phi) is 6.14. The lowest BCUT2D eigenvalue weighted by Crippen LogP contribution is -2.34. The summed E-state index contributed by atoms with van der Waals surface area (Å²) in [5, 5.41) is 15.0. The van der Waals surface area contributed by atoms with Crippen molar-refractivity contribution in [3.63, 3.8) is 0 Å². The minimum atomic E-state index is -0.331. The lowest BCUT2D eigenvalue weighted by molar-refractivity contribution is 0.0977. The van der Waals surface area contributed by atoms with Crippen LogP contribution in [-0.2, 0) is 0 Å². The highest BCUT2D eigenvalue weighted by Gasteiger charge is 2.09. The van der Waals surface area contributed by atoms with Crippen LogP contribution in [0.2, 0.25) is 0 Å². The Labute approximate surface area is 146 Å². The third-order valence-corrected chi connectivity index (χ3v) is 3.21. The molecule has 2 aromatic carbocycles. The first-order valence-corrected chi connectivity index (χ1v) is 7.99. The zero-order valence-corrected chi connectivity index (χ0v) is 14.4. The van der Waals surface area contributed by atoms with Crippen LogP contribution in [0.4, 0.5) is 5.69 Å². The van der Waals surface area contributed by atoms with Gasteiger partial charge in [-0.1, -0.05) is 26.0 Å². The van der Waals surface area contributed by atoms with Crippen molar-refractivity contribution in [1.29, 1.82) is 0 Å². The van der Waals surface area contributed by atoms with E-state index in [4.69, 9.17) is 17.0 Å². The molecule has 0 spiro atoms. The van der Waals surface area contributed by atoms with Gasteiger partial charge in [-0.05, 0) is 48.5 Å². The van der Waals surface area contributed by atoms with Crippen molar-refractivity contribution in [3.05, 3.63) is 54.1 Å². The maximum Gasteiger partial charge on any atom is 0.257 e. The average molecular weight is 344 g/mol. The Morgan fingerprint density at radius 2 is 1.96 bits per heavy atom. The van der Waals surface area contributed by atoms with Gasteiger partial charge in [-0.3, -0.25) is 10.1 Å². The molecule has 0 aliphatic carbocycles. The number of nitrogens with one attached hydrogen (secondary N) is 2. The van der Waals surface area contributed by atoms with Crippen LogP contribution in [0, 0.1) is 5.92 Å². The standard InChI is InChI=1S/C18H20N2O3S/c1-12(2)11-23-16-8-3-5-13(9-16)17(22)20-18(24)19-14-6-4-7-15(21)10-14/h3-10,12,21H,11H2,1-2H3,(H2,19,20,22,24). The fourth-order valence-corrected chi connectivity index (χ4v) is 2.12. The molecule has 24 heavy (non-hydrogen) atoms. The average Bonchev–Trinajstić information content (AvgIpc) is 2.53. The topological polar surface area (TPSA) is 70.6 Å². The second kappa shape index (κ2) is 8.31. The highest BCUT2D eigenvalue weighted by molar-refractivity contribution is 7.80. The fraction of sp³-hybridized carbons (Fsp3) is 0.222. The van der Waals surface area contributed by atoms with E-state index < -0.39 is 0 Å². The van der Waals surface area contributed by atoms with Gasteiger partial charge in [0.05, 0.1) is 6.61 Å². The summed E-state index contributed by atoms with van der Waals surface area (Å²) >= 11 is 5.12. The highest BCUT2D eigenvalue weighted by Crippen LogP contribution is 2.16. The molecule has 0 bridgehead atoms. The molecule has 2 aromatic rings. The number of anilines is 1. The molecule has 1 amide bonds. The summed E-state index contributed by atoms with van der Waals surface area (Å²) in [5.74, 6) is 0.830. The zero-order chi connectivity index (χ0) is 17.5. The second-order valence-electron chi connectivity index (χ2n) is 5.69. The molecule has 0 fully saturated rings. The van der Waals surface area contributed by atoms with Crippen molar-refractivity contribution < 1.29 is 14.6 Å². The van der Waals surface area contributed by atoms with Crippen molar-refractivity contribution >= 4 is 28.9 Å². The minimum absolute atomic E-state index is 0.115. The Bertz CT molecular complexity index is 732. The van der Waals surface area contributed by atoms with E-state index in [1.54, 1.807) is 36.4 Å². The molecule has 2 rings (SSSR count). The van der Waals surface area contributed by atoms with Gasteiger partial charge in [0.1, 0.15) is 11.5 Å². The van der Waals surface area contributed by atoms with Crippen LogP contribution < -0.4 is 15.4 Å². The Balaban J connectivity index is 1.96. The molecule has 0 aliphatic heterocycles. The number of hydrogen-bond donors (Lipinski definition) is 3. The van der Waals surface area contributed by atoms with Gasteiger partial charge in [0.25, 0.3) is 5.91 Å². The molecule has 0 unspecified atom stereocenters. The van der Waals surface area contributed by atoms with Gasteiger partial charge in [-0.15, -0.1) is 0 Å². The number of carbonyl (C=O) groups excluding carboxylic acids is 1. The van der Waals surface area contributed by atoms with Crippen molar-refractivity contribution in [1.82, 2.24) is 5.32 Å². The van der Waals surface area contributed by atoms with Crippen molar-refractivity contribution in [2.45, 2.75) is 13.8 Å². The molecular weight excluding hydrogens is 324 g/mol. The normalized spacial score (nSPS) is 10.3. The molecule has 5 nitrogen and oxygen atoms in total. The zero-order valence-electron chi connectivity index (χ0n) is 13.6. The largest absolute Gasteiger partial charge is 0.508 e. The van der Waals surface area contributed by atoms with E-state index in [1.807, 2.05) is 6.07 Å². The summed E-state index contributed by atoms with van der Waals surface area (Å²) in [6.07, 6.45) is 0. The van der Waals surface area contributed by atoms with Crippen LogP contribution in [0.25, 0.3) is 0 Å². The van der Waals surface area contributed by atoms with E-state index in [0.29, 0.717) is 29.5 Å². The molecular formula is C18H20N2O3S. The number of rotatable bonds is 5. The van der Waals surface area contributed by atoms with Crippen molar-refractivity contribution in [2.24, 2.45) is 5.92 Å². The molecule has 126 valence electrons. The number of benzene rings is 2. The van der Waals surface area contributed by atoms with Crippen molar-refractivity contribution in [2.75, 3.05) is 11.9 Å². The second-order valence-corrected chi connectivity index (χ2v) is 6.10. The quantitative estimate of drug-likeness (QED) is 0.724. The maximum absolute atomic E-state index is 12.3. The predicted octanol–water partition coefficient (Wildman–Crippen LogP) is 3.55. The van der Waals surface area contributed by atoms with E-state index in [-0.39, 0.29) is 16.8 Å². The molecule has 0 radical (unpaired) electrons. The van der Waals surface area contributed by atoms with E-state index in [0.717, 1.165) is 0 Å². The Morgan fingerprint density at radius 1 is 1.21 bits per heavy atom. The number of hydrogen-bond acceptors (Lipinski definition) is 4. The first-order valence-electron chi connectivity index (χ1n) is 7.58. The molecule has 0 aliphatic rings. The molecule has 3 N–H and O–H groups in total. The van der Waals surface area contributed by atoms with Gasteiger partial charge in [-0.25, -0.2) is 0 Å². The van der Waals surface area contributed by atoms with Crippen molar-refractivity contribution in [3.8, 4) is 11.5 Å². The molecule has 0 aromatic heterocycles. The summed E-state index contributed by atoms with van der Waals surface area (Å²) in [5.41, 5.74) is 1.05. The van der Waals surface area contributed by atoms with Gasteiger partial charge < -0.3 is 15.2 Å². The first-order chi connectivity index (χ1) is 11.4. The van der Waals surface area contributed by atoms with E-state index in [1.165, 1.54) is 6.07 Å². The summed E-state index contributed by atoms with van der Waals surface area (Å²) in [6.45, 7) is 4.70. The van der Waals surface area contributed by atoms with Gasteiger partial charge in [0.2, 0.25) is 0 Å². The number of phenolic OH excluding ortho intramolecular Hbond substituents is 1. The Morgan fingerprint density at radius 3 is 2.67 bits per heavy atom. The summed E-state index contributed by atoms with van der Waals surface area (Å²) in [4.78, 5) is 12.3. The van der Waals surface area contributed by atoms with Crippen LogP contribution in [0.15, 0.2) is 48.5 Å². The van der Waals surface area contributed by atoms with Crippen LogP contribution in [-0.4, -0.2) is 22.7 Å². The molecule has 0 atom stereocenters. The molecule has 6 heteroatoms. The summed E-state index contributed by atoms with van der Waals surface area (Å²) in [6, 6.07) is 13.4. The first kappa shape index (κ1) is 17.7. The number of phenols is 1. The smallest absolute Gasteiger partial charge is 0.257 e. The van der Waals surface area contributed by atoms with E-state index >= 15 is 0 Å². The number of carbonyl (C=O) groups is 1. The minimum Gasteiger partial charge on any atom is -0.508 e. The van der Waals surface area contributed by atoms with Gasteiger partial charge in [-0.2, -0.15) is 0 Å². The maximum atomic E-state index is 12.3. The lowest BCUT2D eigenvalue weighted by atomic mass is 10.2. The lowest BCUT2D eigenvalue weighted by Gasteiger charge is -2.11. The number of ether oxygens (including phenoxy) is 1. The van der Waals surface area contributed by atoms with E-state index in [2.05, 4.69) is 24.5 Å². The molecule has 0 saturated heterocycles. The van der Waals surface area contributed by atoms with E-state index in [9.17, 15) is 9.90 Å². The SMILES string of the molecule is CC(C)COc1cccc(C(=O)NC(=S)Nc2cccc(O)c2)c1. The third-order valence-electron chi connectivity index (χ3n) is 3.01. The monoisotopic (exact) mass is 344 g/mol. The summed E-state index contributed by atoms with van der Waals surface area (Å²) < 4.78 is 5.62. The highest BCUT2D eigenvalue weighted by atomic mass is 32.1. The molecule has 0 heterocycles. The van der Waals surface area contributed by atoms with Gasteiger partial charge in [0, 0.05) is 17.3 Å². The number of amides is 1. The van der Waals surface area contributed by atoms with Crippen LogP contribution >= 0.6 is 12.2 Å². The molecule has 0 saturated carbocycles. The number of aromatic hydroxyl groups is 1. The van der Waals surface area contributed by atoms with Gasteiger partial charge in [0.15, 0.2) is 5.11 Å². The summed E-state index contributed by atoms with van der Waals surface area (Å²) in [7, 11) is 0. The third kappa shape index (κ3) is 5.55. The predicted molar refractivity (Wildman–Crippen MR) is 98.6 cm³/mol. The Hall–Kier alpha value is -2.60. The van der Waals surface area contributed by atoms with Crippen LogP contribution in [0.3, 0.4) is 0 Å².